The molecule has 0 aliphatic rings. The number of carbonyl (C=O) groups excluding carboxylic acids is 1. The van der Waals surface area contributed by atoms with E-state index in [2.05, 4.69) is 31.3 Å². The highest BCUT2D eigenvalue weighted by Crippen LogP contribution is 2.16. The summed E-state index contributed by atoms with van der Waals surface area (Å²) < 4.78 is 32.5. The fourth-order valence-corrected chi connectivity index (χ4v) is 7.91. The summed E-state index contributed by atoms with van der Waals surface area (Å²) >= 11 is 0. The molecule has 0 aromatic carbocycles. The Morgan fingerprint density at radius 1 is 0.491 bits per heavy atom. The third-order valence-electron chi connectivity index (χ3n) is 10.6. The van der Waals surface area contributed by atoms with Crippen molar-refractivity contribution in [2.45, 2.75) is 257 Å². The van der Waals surface area contributed by atoms with Crippen LogP contribution in [0.2, 0.25) is 0 Å². The zero-order valence-electron chi connectivity index (χ0n) is 35.2. The van der Waals surface area contributed by atoms with Crippen molar-refractivity contribution in [1.82, 2.24) is 5.32 Å². The Bertz CT molecular complexity index is 934. The Morgan fingerprint density at radius 2 is 0.811 bits per heavy atom. The van der Waals surface area contributed by atoms with Crippen LogP contribution in [-0.2, 0) is 14.9 Å². The van der Waals surface area contributed by atoms with Gasteiger partial charge in [0.2, 0.25) is 5.91 Å². The molecule has 0 spiro atoms. The van der Waals surface area contributed by atoms with Crippen LogP contribution in [0, 0.1) is 0 Å². The van der Waals surface area contributed by atoms with E-state index in [1.165, 1.54) is 192 Å². The van der Waals surface area contributed by atoms with Crippen molar-refractivity contribution in [3.8, 4) is 0 Å². The average molecular weight is 768 g/mol. The van der Waals surface area contributed by atoms with Gasteiger partial charge in [-0.2, -0.15) is 8.42 Å². The van der Waals surface area contributed by atoms with E-state index in [0.29, 0.717) is 6.42 Å². The predicted molar refractivity (Wildman–Crippen MR) is 230 cm³/mol. The lowest BCUT2D eigenvalue weighted by Gasteiger charge is -2.21. The molecular weight excluding hydrogens is 679 g/mol. The third kappa shape index (κ3) is 41.8. The predicted octanol–water partition coefficient (Wildman–Crippen LogP) is 13.9. The number of aliphatic hydroxyl groups excluding tert-OH is 1. The first-order valence-electron chi connectivity index (χ1n) is 23.0. The van der Waals surface area contributed by atoms with Gasteiger partial charge in [-0.05, 0) is 32.1 Å². The van der Waals surface area contributed by atoms with E-state index in [0.717, 1.165) is 38.5 Å². The quantitative estimate of drug-likeness (QED) is 0.0326. The van der Waals surface area contributed by atoms with Crippen LogP contribution < -0.4 is 5.32 Å². The number of nitrogens with one attached hydrogen (secondary N) is 1. The first-order chi connectivity index (χ1) is 25.8. The molecule has 0 saturated heterocycles. The zero-order chi connectivity index (χ0) is 38.9. The van der Waals surface area contributed by atoms with E-state index >= 15 is 0 Å². The van der Waals surface area contributed by atoms with Gasteiger partial charge in [0.05, 0.1) is 17.9 Å². The first-order valence-corrected chi connectivity index (χ1v) is 24.6. The maximum absolute atomic E-state index is 12.5. The normalized spacial score (nSPS) is 13.4. The number of rotatable bonds is 42. The van der Waals surface area contributed by atoms with Gasteiger partial charge in [-0.15, -0.1) is 0 Å². The molecule has 6 nitrogen and oxygen atoms in total. The minimum atomic E-state index is -4.35. The summed E-state index contributed by atoms with van der Waals surface area (Å²) in [6.07, 6.45) is 51.8. The third-order valence-corrected chi connectivity index (χ3v) is 11.4. The Kier molecular flexibility index (Phi) is 39.6. The molecule has 0 fully saturated rings. The molecule has 0 heterocycles. The fourth-order valence-electron chi connectivity index (χ4n) is 7.17. The molecule has 314 valence electrons. The Morgan fingerprint density at radius 3 is 1.19 bits per heavy atom. The fraction of sp³-hybridized carbons (Fsp3) is 0.891. The van der Waals surface area contributed by atoms with Crippen molar-refractivity contribution in [3.05, 3.63) is 24.3 Å². The van der Waals surface area contributed by atoms with Gasteiger partial charge in [0.25, 0.3) is 10.1 Å². The van der Waals surface area contributed by atoms with E-state index in [1.807, 2.05) is 6.08 Å². The Balaban J connectivity index is 3.83. The molecule has 3 N–H and O–H groups in total. The van der Waals surface area contributed by atoms with Crippen molar-refractivity contribution in [2.75, 3.05) is 5.75 Å². The van der Waals surface area contributed by atoms with Crippen molar-refractivity contribution in [2.24, 2.45) is 0 Å². The Hall–Kier alpha value is -1.18. The van der Waals surface area contributed by atoms with Crippen molar-refractivity contribution < 1.29 is 22.9 Å². The lowest BCUT2D eigenvalue weighted by Crippen LogP contribution is -2.46. The number of carbonyl (C=O) groups is 1. The maximum atomic E-state index is 12.5. The summed E-state index contributed by atoms with van der Waals surface area (Å²) in [5, 5.41) is 13.2. The average Bonchev–Trinajstić information content (AvgIpc) is 3.12. The molecule has 0 saturated carbocycles. The van der Waals surface area contributed by atoms with Crippen molar-refractivity contribution >= 4 is 16.0 Å². The molecule has 0 aliphatic heterocycles. The van der Waals surface area contributed by atoms with E-state index in [1.54, 1.807) is 0 Å². The van der Waals surface area contributed by atoms with E-state index in [9.17, 15) is 22.9 Å². The lowest BCUT2D eigenvalue weighted by molar-refractivity contribution is -0.122. The van der Waals surface area contributed by atoms with Crippen LogP contribution >= 0.6 is 0 Å². The highest BCUT2D eigenvalue weighted by atomic mass is 32.2. The van der Waals surface area contributed by atoms with Gasteiger partial charge in [-0.25, -0.2) is 0 Å². The molecule has 7 heteroatoms. The second kappa shape index (κ2) is 40.5. The monoisotopic (exact) mass is 768 g/mol. The SMILES string of the molecule is CCCCCCCCCCCC/C=C/CC/C=C/C(O)C(CS(=O)(=O)O)NC(=O)CCCCCCCCCCCCCCCCCCCCCCCC. The molecule has 2 atom stereocenters. The number of amides is 1. The van der Waals surface area contributed by atoms with Gasteiger partial charge in [0.15, 0.2) is 0 Å². The van der Waals surface area contributed by atoms with Crippen molar-refractivity contribution in [1.29, 1.82) is 0 Å². The van der Waals surface area contributed by atoms with Crippen LogP contribution in [0.15, 0.2) is 24.3 Å². The molecule has 0 aromatic rings. The molecule has 0 radical (unpaired) electrons. The molecule has 2 unspecified atom stereocenters. The highest BCUT2D eigenvalue weighted by molar-refractivity contribution is 7.85. The lowest BCUT2D eigenvalue weighted by atomic mass is 10.0. The van der Waals surface area contributed by atoms with Crippen LogP contribution in [0.5, 0.6) is 0 Å². The molecule has 0 bridgehead atoms. The van der Waals surface area contributed by atoms with Gasteiger partial charge >= 0.3 is 0 Å². The Labute approximate surface area is 330 Å². The second-order valence-corrected chi connectivity index (χ2v) is 17.5. The summed E-state index contributed by atoms with van der Waals surface area (Å²) in [7, 11) is -4.35. The molecule has 53 heavy (non-hydrogen) atoms. The maximum Gasteiger partial charge on any atom is 0.267 e. The summed E-state index contributed by atoms with van der Waals surface area (Å²) in [6.45, 7) is 4.54. The number of hydrogen-bond donors (Lipinski definition) is 3. The highest BCUT2D eigenvalue weighted by Gasteiger charge is 2.24. The molecule has 0 aromatic heterocycles. The van der Waals surface area contributed by atoms with Gasteiger partial charge in [-0.1, -0.05) is 231 Å². The minimum Gasteiger partial charge on any atom is -0.387 e. The van der Waals surface area contributed by atoms with Gasteiger partial charge in [0.1, 0.15) is 0 Å². The molecule has 1 amide bonds. The van der Waals surface area contributed by atoms with Crippen LogP contribution in [0.1, 0.15) is 245 Å². The van der Waals surface area contributed by atoms with Gasteiger partial charge in [-0.3, -0.25) is 9.35 Å². The van der Waals surface area contributed by atoms with Crippen molar-refractivity contribution in [3.63, 3.8) is 0 Å². The molecule has 0 aliphatic carbocycles. The number of unbranched alkanes of at least 4 members (excludes halogenated alkanes) is 32. The molecular formula is C46H89NO5S. The standard InChI is InChI=1S/C46H89NO5S/c1-3-5-7-9-11-13-15-17-19-21-22-23-24-25-26-28-30-32-34-36-38-40-42-46(49)47-44(43-53(50,51)52)45(48)41-39-37-35-33-31-29-27-20-18-16-14-12-10-8-6-4-2/h31,33,39,41,44-45,48H,3-30,32,34-38,40,42-43H2,1-2H3,(H,47,49)(H,50,51,52)/b33-31+,41-39+. The van der Waals surface area contributed by atoms with Crippen LogP contribution in [0.3, 0.4) is 0 Å². The summed E-state index contributed by atoms with van der Waals surface area (Å²) in [5.41, 5.74) is 0. The van der Waals surface area contributed by atoms with Crippen LogP contribution in [-0.4, -0.2) is 41.9 Å². The number of aliphatic hydroxyl groups is 1. The summed E-state index contributed by atoms with van der Waals surface area (Å²) in [5.74, 6) is -0.989. The first kappa shape index (κ1) is 51.8. The van der Waals surface area contributed by atoms with Crippen LogP contribution in [0.4, 0.5) is 0 Å². The second-order valence-electron chi connectivity index (χ2n) is 16.0. The largest absolute Gasteiger partial charge is 0.387 e. The van der Waals surface area contributed by atoms with E-state index in [4.69, 9.17) is 0 Å². The van der Waals surface area contributed by atoms with E-state index in [-0.39, 0.29) is 5.91 Å². The van der Waals surface area contributed by atoms with Gasteiger partial charge < -0.3 is 10.4 Å². The zero-order valence-corrected chi connectivity index (χ0v) is 36.0. The van der Waals surface area contributed by atoms with Gasteiger partial charge in [0, 0.05) is 6.42 Å². The number of hydrogen-bond acceptors (Lipinski definition) is 4. The molecule has 0 rings (SSSR count). The number of allylic oxidation sites excluding steroid dienone is 3. The van der Waals surface area contributed by atoms with E-state index < -0.39 is 28.0 Å². The summed E-state index contributed by atoms with van der Waals surface area (Å²) in [6, 6.07) is -1.07. The smallest absolute Gasteiger partial charge is 0.267 e. The van der Waals surface area contributed by atoms with Crippen LogP contribution in [0.25, 0.3) is 0 Å². The topological polar surface area (TPSA) is 104 Å². The minimum absolute atomic E-state index is 0.283. The summed E-state index contributed by atoms with van der Waals surface area (Å²) in [4.78, 5) is 12.5.